The van der Waals surface area contributed by atoms with Crippen molar-refractivity contribution >= 4 is 12.3 Å². The molecule has 0 bridgehead atoms. The molecule has 2 aliphatic heterocycles. The second-order valence-corrected chi connectivity index (χ2v) is 5.39. The van der Waals surface area contributed by atoms with Gasteiger partial charge in [-0.15, -0.1) is 0 Å². The van der Waals surface area contributed by atoms with E-state index in [4.69, 9.17) is 4.74 Å². The minimum Gasteiger partial charge on any atom is -0.453 e. The number of cyclic esters (lactones) is 1. The first-order chi connectivity index (χ1) is 9.15. The molecule has 19 heavy (non-hydrogen) atoms. The fraction of sp³-hybridized carbons (Fsp3) is 0.600. The van der Waals surface area contributed by atoms with Crippen molar-refractivity contribution < 1.29 is 9.53 Å². The third-order valence-electron chi connectivity index (χ3n) is 3.62. The third kappa shape index (κ3) is 3.46. The zero-order valence-corrected chi connectivity index (χ0v) is 11.6. The summed E-state index contributed by atoms with van der Waals surface area (Å²) in [7, 11) is 0. The first kappa shape index (κ1) is 13.8. The highest BCUT2D eigenvalue weighted by Crippen LogP contribution is 2.35. The standard InChI is InChI=1S/C15H22N2O2/c1-3-4-5-7-15(10-13(2)14(18)19-15)11-17-9-6-8-16-12-17/h6,8,12H,2-5,7,9-11H2,1H3. The van der Waals surface area contributed by atoms with E-state index in [9.17, 15) is 4.79 Å². The van der Waals surface area contributed by atoms with E-state index in [1.165, 1.54) is 12.8 Å². The summed E-state index contributed by atoms with van der Waals surface area (Å²) in [6.07, 6.45) is 10.6. The second kappa shape index (κ2) is 6.04. The lowest BCUT2D eigenvalue weighted by Gasteiger charge is -2.33. The van der Waals surface area contributed by atoms with E-state index >= 15 is 0 Å². The summed E-state index contributed by atoms with van der Waals surface area (Å²) < 4.78 is 5.64. The number of aliphatic imine (C=N–C) groups is 1. The van der Waals surface area contributed by atoms with Crippen molar-refractivity contribution in [2.75, 3.05) is 13.1 Å². The van der Waals surface area contributed by atoms with Crippen molar-refractivity contribution in [2.24, 2.45) is 4.99 Å². The van der Waals surface area contributed by atoms with Crippen LogP contribution in [0.5, 0.6) is 0 Å². The van der Waals surface area contributed by atoms with Crippen LogP contribution in [0, 0.1) is 0 Å². The third-order valence-corrected chi connectivity index (χ3v) is 3.62. The fourth-order valence-electron chi connectivity index (χ4n) is 2.67. The maximum atomic E-state index is 11.7. The van der Waals surface area contributed by atoms with Gasteiger partial charge in [-0.3, -0.25) is 0 Å². The molecule has 0 aromatic carbocycles. The van der Waals surface area contributed by atoms with Gasteiger partial charge in [-0.05, 0) is 18.9 Å². The molecular formula is C15H22N2O2. The molecule has 1 saturated heterocycles. The first-order valence-electron chi connectivity index (χ1n) is 6.99. The van der Waals surface area contributed by atoms with E-state index in [1.54, 1.807) is 6.20 Å². The van der Waals surface area contributed by atoms with Gasteiger partial charge in [0.2, 0.25) is 0 Å². The van der Waals surface area contributed by atoms with Crippen LogP contribution in [-0.2, 0) is 9.53 Å². The Morgan fingerprint density at radius 3 is 2.95 bits per heavy atom. The quantitative estimate of drug-likeness (QED) is 0.420. The molecule has 2 heterocycles. The number of ether oxygens (including phenoxy) is 1. The van der Waals surface area contributed by atoms with E-state index in [0.717, 1.165) is 19.4 Å². The van der Waals surface area contributed by atoms with Gasteiger partial charge >= 0.3 is 5.97 Å². The van der Waals surface area contributed by atoms with Gasteiger partial charge in [0.1, 0.15) is 5.60 Å². The predicted molar refractivity (Wildman–Crippen MR) is 75.9 cm³/mol. The molecular weight excluding hydrogens is 240 g/mol. The number of carbonyl (C=O) groups excluding carboxylic acids is 1. The minimum absolute atomic E-state index is 0.235. The van der Waals surface area contributed by atoms with Crippen LogP contribution in [0.25, 0.3) is 0 Å². The summed E-state index contributed by atoms with van der Waals surface area (Å²) in [5.41, 5.74) is 0.196. The zero-order chi connectivity index (χ0) is 13.7. The SMILES string of the molecule is C=C1CC(CCCCC)(CN2C=NC=CC2)OC1=O. The molecule has 1 atom stereocenters. The smallest absolute Gasteiger partial charge is 0.334 e. The average Bonchev–Trinajstić information content (AvgIpc) is 2.66. The molecule has 0 aliphatic carbocycles. The van der Waals surface area contributed by atoms with Crippen molar-refractivity contribution in [1.82, 2.24) is 4.90 Å². The lowest BCUT2D eigenvalue weighted by Crippen LogP contribution is -2.43. The number of carbonyl (C=O) groups is 1. The lowest BCUT2D eigenvalue weighted by atomic mass is 9.91. The monoisotopic (exact) mass is 262 g/mol. The van der Waals surface area contributed by atoms with Crippen LogP contribution in [0.1, 0.15) is 39.0 Å². The normalized spacial score (nSPS) is 26.1. The molecule has 0 aromatic heterocycles. The molecule has 0 amide bonds. The number of esters is 1. The Morgan fingerprint density at radius 2 is 2.37 bits per heavy atom. The van der Waals surface area contributed by atoms with Crippen LogP contribution in [0.4, 0.5) is 0 Å². The topological polar surface area (TPSA) is 41.9 Å². The Kier molecular flexibility index (Phi) is 4.40. The van der Waals surface area contributed by atoms with E-state index in [1.807, 2.05) is 12.4 Å². The van der Waals surface area contributed by atoms with Crippen molar-refractivity contribution in [3.8, 4) is 0 Å². The van der Waals surface area contributed by atoms with Crippen LogP contribution in [0.15, 0.2) is 29.4 Å². The number of rotatable bonds is 6. The van der Waals surface area contributed by atoms with Gasteiger partial charge in [0.15, 0.2) is 0 Å². The summed E-state index contributed by atoms with van der Waals surface area (Å²) in [6, 6.07) is 0. The molecule has 1 fully saturated rings. The molecule has 4 nitrogen and oxygen atoms in total. The number of hydrogen-bond acceptors (Lipinski definition) is 4. The highest BCUT2D eigenvalue weighted by Gasteiger charge is 2.43. The summed E-state index contributed by atoms with van der Waals surface area (Å²) >= 11 is 0. The van der Waals surface area contributed by atoms with Crippen LogP contribution in [0.3, 0.4) is 0 Å². The lowest BCUT2D eigenvalue weighted by molar-refractivity contribution is -0.147. The Bertz CT molecular complexity index is 396. The molecule has 0 saturated carbocycles. The Morgan fingerprint density at radius 1 is 1.53 bits per heavy atom. The largest absolute Gasteiger partial charge is 0.453 e. The molecule has 1 unspecified atom stereocenters. The van der Waals surface area contributed by atoms with E-state index in [2.05, 4.69) is 23.4 Å². The first-order valence-corrected chi connectivity index (χ1v) is 6.99. The molecule has 2 aliphatic rings. The minimum atomic E-state index is -0.402. The van der Waals surface area contributed by atoms with Crippen LogP contribution >= 0.6 is 0 Å². The molecule has 0 spiro atoms. The highest BCUT2D eigenvalue weighted by atomic mass is 16.6. The maximum absolute atomic E-state index is 11.7. The summed E-state index contributed by atoms with van der Waals surface area (Å²) in [5, 5.41) is 0. The maximum Gasteiger partial charge on any atom is 0.334 e. The number of hydrogen-bond donors (Lipinski definition) is 0. The second-order valence-electron chi connectivity index (χ2n) is 5.39. The predicted octanol–water partition coefficient (Wildman–Crippen LogP) is 2.67. The van der Waals surface area contributed by atoms with Gasteiger partial charge in [-0.1, -0.05) is 26.3 Å². The van der Waals surface area contributed by atoms with Gasteiger partial charge in [0.05, 0.1) is 12.9 Å². The van der Waals surface area contributed by atoms with Gasteiger partial charge in [-0.25, -0.2) is 9.79 Å². The van der Waals surface area contributed by atoms with Gasteiger partial charge in [-0.2, -0.15) is 0 Å². The number of unbranched alkanes of at least 4 members (excludes halogenated alkanes) is 2. The highest BCUT2D eigenvalue weighted by molar-refractivity contribution is 5.90. The Labute approximate surface area is 114 Å². The Balaban J connectivity index is 2.01. The van der Waals surface area contributed by atoms with Gasteiger partial charge in [0, 0.05) is 24.7 Å². The molecule has 0 aromatic rings. The molecule has 2 rings (SSSR count). The van der Waals surface area contributed by atoms with E-state index in [0.29, 0.717) is 18.5 Å². The average molecular weight is 262 g/mol. The van der Waals surface area contributed by atoms with Crippen molar-refractivity contribution in [1.29, 1.82) is 0 Å². The van der Waals surface area contributed by atoms with E-state index < -0.39 is 5.60 Å². The molecule has 104 valence electrons. The summed E-state index contributed by atoms with van der Waals surface area (Å²) in [5.74, 6) is -0.235. The van der Waals surface area contributed by atoms with Crippen LogP contribution < -0.4 is 0 Å². The van der Waals surface area contributed by atoms with Crippen molar-refractivity contribution in [2.45, 2.75) is 44.6 Å². The Hall–Kier alpha value is -1.58. The molecule has 0 radical (unpaired) electrons. The van der Waals surface area contributed by atoms with E-state index in [-0.39, 0.29) is 5.97 Å². The van der Waals surface area contributed by atoms with Crippen molar-refractivity contribution in [3.63, 3.8) is 0 Å². The fourth-order valence-corrected chi connectivity index (χ4v) is 2.67. The molecule has 4 heteroatoms. The summed E-state index contributed by atoms with van der Waals surface area (Å²) in [4.78, 5) is 17.9. The van der Waals surface area contributed by atoms with Crippen molar-refractivity contribution in [3.05, 3.63) is 24.4 Å². The zero-order valence-electron chi connectivity index (χ0n) is 11.6. The summed E-state index contributed by atoms with van der Waals surface area (Å²) in [6.45, 7) is 7.51. The van der Waals surface area contributed by atoms with Crippen LogP contribution in [0.2, 0.25) is 0 Å². The molecule has 0 N–H and O–H groups in total. The van der Waals surface area contributed by atoms with Gasteiger partial charge in [0.25, 0.3) is 0 Å². The van der Waals surface area contributed by atoms with Gasteiger partial charge < -0.3 is 9.64 Å². The van der Waals surface area contributed by atoms with Crippen LogP contribution in [-0.4, -0.2) is 35.9 Å². The number of nitrogens with zero attached hydrogens (tertiary/aromatic N) is 2.